The van der Waals surface area contributed by atoms with Crippen LogP contribution in [0.25, 0.3) is 0 Å². The molecule has 3 heteroatoms. The highest BCUT2D eigenvalue weighted by atomic mass is 79.9. The number of morpholine rings is 1. The van der Waals surface area contributed by atoms with Gasteiger partial charge in [0, 0.05) is 24.5 Å². The number of alkyl halides is 1. The molecule has 0 aliphatic carbocycles. The van der Waals surface area contributed by atoms with E-state index in [-0.39, 0.29) is 0 Å². The molecule has 102 valence electrons. The first kappa shape index (κ1) is 15.5. The molecule has 0 spiro atoms. The van der Waals surface area contributed by atoms with Crippen molar-refractivity contribution in [2.45, 2.75) is 59.1 Å². The standard InChI is InChI=1S/C14H28BrNO/c1-5-13-9-17-12(4)8-16(13)11-14(6-2,7-3)10-15/h12-13H,5-11H2,1-4H3. The van der Waals surface area contributed by atoms with Crippen LogP contribution in [-0.2, 0) is 4.74 Å². The van der Waals surface area contributed by atoms with Crippen LogP contribution in [0.1, 0.15) is 47.0 Å². The van der Waals surface area contributed by atoms with Gasteiger partial charge in [0.25, 0.3) is 0 Å². The van der Waals surface area contributed by atoms with Crippen molar-refractivity contribution in [3.63, 3.8) is 0 Å². The molecule has 2 atom stereocenters. The minimum atomic E-state index is 0.388. The van der Waals surface area contributed by atoms with Crippen molar-refractivity contribution >= 4 is 15.9 Å². The number of hydrogen-bond acceptors (Lipinski definition) is 2. The summed E-state index contributed by atoms with van der Waals surface area (Å²) in [5.74, 6) is 0. The molecule has 0 bridgehead atoms. The summed E-state index contributed by atoms with van der Waals surface area (Å²) >= 11 is 3.72. The molecular formula is C14H28BrNO. The Morgan fingerprint density at radius 3 is 2.41 bits per heavy atom. The molecule has 1 heterocycles. The van der Waals surface area contributed by atoms with Crippen molar-refractivity contribution in [2.75, 3.05) is 25.0 Å². The predicted molar refractivity (Wildman–Crippen MR) is 77.9 cm³/mol. The lowest BCUT2D eigenvalue weighted by Crippen LogP contribution is -2.52. The molecule has 1 fully saturated rings. The summed E-state index contributed by atoms with van der Waals surface area (Å²) in [6, 6.07) is 0.614. The number of rotatable bonds is 6. The van der Waals surface area contributed by atoms with Gasteiger partial charge in [-0.05, 0) is 31.6 Å². The lowest BCUT2D eigenvalue weighted by Gasteiger charge is -2.44. The maximum absolute atomic E-state index is 5.77. The van der Waals surface area contributed by atoms with Gasteiger partial charge in [-0.1, -0.05) is 36.7 Å². The summed E-state index contributed by atoms with van der Waals surface area (Å²) < 4.78 is 5.77. The molecule has 0 radical (unpaired) electrons. The number of hydrogen-bond donors (Lipinski definition) is 0. The van der Waals surface area contributed by atoms with Crippen LogP contribution in [0, 0.1) is 5.41 Å². The van der Waals surface area contributed by atoms with Gasteiger partial charge in [-0.15, -0.1) is 0 Å². The SMILES string of the molecule is CCC1COC(C)CN1CC(CC)(CC)CBr. The average Bonchev–Trinajstić information content (AvgIpc) is 2.36. The van der Waals surface area contributed by atoms with Crippen molar-refractivity contribution in [1.29, 1.82) is 0 Å². The molecule has 0 N–H and O–H groups in total. The van der Waals surface area contributed by atoms with Gasteiger partial charge in [0.15, 0.2) is 0 Å². The van der Waals surface area contributed by atoms with Gasteiger partial charge in [0.05, 0.1) is 12.7 Å². The van der Waals surface area contributed by atoms with Crippen LogP contribution in [0.15, 0.2) is 0 Å². The first-order valence-electron chi connectivity index (χ1n) is 7.02. The minimum Gasteiger partial charge on any atom is -0.376 e. The van der Waals surface area contributed by atoms with E-state index in [0.717, 1.165) is 18.5 Å². The number of nitrogens with zero attached hydrogens (tertiary/aromatic N) is 1. The van der Waals surface area contributed by atoms with Gasteiger partial charge in [0.2, 0.25) is 0 Å². The lowest BCUT2D eigenvalue weighted by atomic mass is 9.83. The maximum Gasteiger partial charge on any atom is 0.0674 e. The van der Waals surface area contributed by atoms with Crippen molar-refractivity contribution in [2.24, 2.45) is 5.41 Å². The third kappa shape index (κ3) is 3.93. The largest absolute Gasteiger partial charge is 0.376 e. The lowest BCUT2D eigenvalue weighted by molar-refractivity contribution is -0.0680. The van der Waals surface area contributed by atoms with Crippen LogP contribution in [-0.4, -0.2) is 42.1 Å². The molecule has 1 saturated heterocycles. The predicted octanol–water partition coefficient (Wildman–Crippen LogP) is 3.69. The van der Waals surface area contributed by atoms with Gasteiger partial charge in [-0.3, -0.25) is 4.90 Å². The quantitative estimate of drug-likeness (QED) is 0.694. The van der Waals surface area contributed by atoms with E-state index in [4.69, 9.17) is 4.74 Å². The number of ether oxygens (including phenoxy) is 1. The summed E-state index contributed by atoms with van der Waals surface area (Å²) in [6.07, 6.45) is 4.08. The highest BCUT2D eigenvalue weighted by Gasteiger charge is 2.33. The zero-order valence-electron chi connectivity index (χ0n) is 11.8. The smallest absolute Gasteiger partial charge is 0.0674 e. The third-order valence-corrected chi connectivity index (χ3v) is 5.56. The van der Waals surface area contributed by atoms with E-state index in [2.05, 4.69) is 48.5 Å². The summed E-state index contributed by atoms with van der Waals surface area (Å²) in [4.78, 5) is 2.66. The van der Waals surface area contributed by atoms with E-state index < -0.39 is 0 Å². The van der Waals surface area contributed by atoms with E-state index in [1.807, 2.05) is 0 Å². The molecule has 0 aromatic carbocycles. The van der Waals surface area contributed by atoms with E-state index in [9.17, 15) is 0 Å². The van der Waals surface area contributed by atoms with E-state index in [0.29, 0.717) is 17.6 Å². The Kier molecular flexibility index (Phi) is 6.46. The Labute approximate surface area is 115 Å². The maximum atomic E-state index is 5.77. The zero-order chi connectivity index (χ0) is 12.9. The summed E-state index contributed by atoms with van der Waals surface area (Å²) in [5, 5.41) is 1.11. The van der Waals surface area contributed by atoms with Crippen molar-refractivity contribution in [1.82, 2.24) is 4.90 Å². The van der Waals surface area contributed by atoms with Crippen LogP contribution in [0.4, 0.5) is 0 Å². The van der Waals surface area contributed by atoms with Gasteiger partial charge in [-0.2, -0.15) is 0 Å². The highest BCUT2D eigenvalue weighted by molar-refractivity contribution is 9.09. The minimum absolute atomic E-state index is 0.388. The van der Waals surface area contributed by atoms with Gasteiger partial charge in [-0.25, -0.2) is 0 Å². The molecule has 0 aromatic rings. The molecule has 0 amide bonds. The molecule has 2 unspecified atom stereocenters. The fourth-order valence-corrected chi connectivity index (χ4v) is 3.59. The second-order valence-corrected chi connectivity index (χ2v) is 6.04. The molecule has 1 aliphatic heterocycles. The van der Waals surface area contributed by atoms with Gasteiger partial charge >= 0.3 is 0 Å². The Hall–Kier alpha value is 0.400. The average molecular weight is 306 g/mol. The molecule has 1 aliphatic rings. The molecular weight excluding hydrogens is 278 g/mol. The first-order chi connectivity index (χ1) is 8.10. The molecule has 2 nitrogen and oxygen atoms in total. The number of halogens is 1. The highest BCUT2D eigenvalue weighted by Crippen LogP contribution is 2.31. The van der Waals surface area contributed by atoms with E-state index in [1.54, 1.807) is 0 Å². The zero-order valence-corrected chi connectivity index (χ0v) is 13.4. The summed E-state index contributed by atoms with van der Waals surface area (Å²) in [5.41, 5.74) is 0.435. The normalized spacial score (nSPS) is 27.4. The first-order valence-corrected chi connectivity index (χ1v) is 8.14. The Morgan fingerprint density at radius 2 is 1.94 bits per heavy atom. The van der Waals surface area contributed by atoms with Gasteiger partial charge < -0.3 is 4.74 Å². The second kappa shape index (κ2) is 7.10. The van der Waals surface area contributed by atoms with Crippen molar-refractivity contribution < 1.29 is 4.74 Å². The monoisotopic (exact) mass is 305 g/mol. The van der Waals surface area contributed by atoms with Gasteiger partial charge in [0.1, 0.15) is 0 Å². The molecule has 17 heavy (non-hydrogen) atoms. The van der Waals surface area contributed by atoms with Crippen LogP contribution >= 0.6 is 15.9 Å². The fourth-order valence-electron chi connectivity index (χ4n) is 2.62. The Balaban J connectivity index is 2.68. The van der Waals surface area contributed by atoms with Crippen molar-refractivity contribution in [3.05, 3.63) is 0 Å². The third-order valence-electron chi connectivity index (χ3n) is 4.37. The van der Waals surface area contributed by atoms with Crippen LogP contribution in [0.2, 0.25) is 0 Å². The summed E-state index contributed by atoms with van der Waals surface area (Å²) in [7, 11) is 0. The Morgan fingerprint density at radius 1 is 1.29 bits per heavy atom. The topological polar surface area (TPSA) is 12.5 Å². The van der Waals surface area contributed by atoms with Crippen LogP contribution in [0.5, 0.6) is 0 Å². The summed E-state index contributed by atoms with van der Waals surface area (Å²) in [6.45, 7) is 12.3. The fraction of sp³-hybridized carbons (Fsp3) is 1.00. The second-order valence-electron chi connectivity index (χ2n) is 5.48. The van der Waals surface area contributed by atoms with Crippen molar-refractivity contribution in [3.8, 4) is 0 Å². The molecule has 0 aromatic heterocycles. The van der Waals surface area contributed by atoms with Crippen LogP contribution in [0.3, 0.4) is 0 Å². The Bertz CT molecular complexity index is 210. The van der Waals surface area contributed by atoms with Crippen LogP contribution < -0.4 is 0 Å². The molecule has 1 rings (SSSR count). The van der Waals surface area contributed by atoms with E-state index >= 15 is 0 Å². The molecule has 0 saturated carbocycles. The van der Waals surface area contributed by atoms with E-state index in [1.165, 1.54) is 25.8 Å².